The van der Waals surface area contributed by atoms with E-state index in [0.717, 1.165) is 0 Å². The molecule has 0 bridgehead atoms. The van der Waals surface area contributed by atoms with Gasteiger partial charge in [-0.15, -0.1) is 12.6 Å². The van der Waals surface area contributed by atoms with E-state index in [9.17, 15) is 18.0 Å². The van der Waals surface area contributed by atoms with Crippen molar-refractivity contribution in [2.24, 2.45) is 0 Å². The number of carbonyl (C=O) groups is 2. The molecule has 2 amide bonds. The van der Waals surface area contributed by atoms with Crippen LogP contribution >= 0.6 is 12.6 Å². The lowest BCUT2D eigenvalue weighted by atomic mass is 10.2. The molecule has 92 valence electrons. The van der Waals surface area contributed by atoms with Crippen LogP contribution in [0.3, 0.4) is 0 Å². The third kappa shape index (κ3) is 4.55. The fourth-order valence-corrected chi connectivity index (χ4v) is 1.73. The van der Waals surface area contributed by atoms with E-state index in [1.54, 1.807) is 18.2 Å². The minimum atomic E-state index is -4.44. The molecule has 0 unspecified atom stereocenters. The Balaban J connectivity index is 2.74. The van der Waals surface area contributed by atoms with Crippen LogP contribution in [0, 0.1) is 0 Å². The van der Waals surface area contributed by atoms with E-state index in [4.69, 9.17) is 4.55 Å². The summed E-state index contributed by atoms with van der Waals surface area (Å²) in [7, 11) is -4.44. The second-order valence-corrected chi connectivity index (χ2v) is 5.06. The van der Waals surface area contributed by atoms with Gasteiger partial charge >= 0.3 is 0 Å². The van der Waals surface area contributed by atoms with Crippen molar-refractivity contribution >= 4 is 34.6 Å². The lowest BCUT2D eigenvalue weighted by molar-refractivity contribution is -0.117. The van der Waals surface area contributed by atoms with Crippen molar-refractivity contribution in [3.8, 4) is 0 Å². The van der Waals surface area contributed by atoms with Gasteiger partial charge in [0.25, 0.3) is 16.0 Å². The number of imide groups is 1. The molecule has 0 aliphatic heterocycles. The first-order chi connectivity index (χ1) is 7.79. The van der Waals surface area contributed by atoms with Crippen molar-refractivity contribution < 1.29 is 22.6 Å². The lowest BCUT2D eigenvalue weighted by Crippen LogP contribution is -2.35. The molecule has 1 rings (SSSR count). The van der Waals surface area contributed by atoms with Gasteiger partial charge in [-0.05, 0) is 12.1 Å². The average Bonchev–Trinajstić information content (AvgIpc) is 2.14. The minimum Gasteiger partial charge on any atom is -0.291 e. The third-order valence-electron chi connectivity index (χ3n) is 1.72. The summed E-state index contributed by atoms with van der Waals surface area (Å²) >= 11 is 4.01. The van der Waals surface area contributed by atoms with Crippen LogP contribution in [-0.2, 0) is 14.9 Å². The maximum Gasteiger partial charge on any atom is 0.274 e. The topological polar surface area (TPSA) is 101 Å². The van der Waals surface area contributed by atoms with E-state index in [2.05, 4.69) is 12.6 Å². The van der Waals surface area contributed by atoms with Crippen LogP contribution in [0.25, 0.3) is 0 Å². The summed E-state index contributed by atoms with van der Waals surface area (Å²) < 4.78 is 29.2. The maximum atomic E-state index is 11.5. The zero-order valence-corrected chi connectivity index (χ0v) is 10.2. The summed E-state index contributed by atoms with van der Waals surface area (Å²) in [6.45, 7) is 0. The molecule has 0 saturated carbocycles. The highest BCUT2D eigenvalue weighted by atomic mass is 32.2. The normalized spacial score (nSPS) is 10.9. The third-order valence-corrected chi connectivity index (χ3v) is 2.73. The van der Waals surface area contributed by atoms with Crippen LogP contribution in [0.5, 0.6) is 0 Å². The molecule has 0 saturated heterocycles. The van der Waals surface area contributed by atoms with E-state index >= 15 is 0 Å². The van der Waals surface area contributed by atoms with Gasteiger partial charge in [0.1, 0.15) is 0 Å². The predicted octanol–water partition coefficient (Wildman–Crippen LogP) is 0.120. The number of hydrogen-bond donors (Lipinski definition) is 3. The molecule has 0 atom stereocenters. The monoisotopic (exact) mass is 275 g/mol. The fraction of sp³-hybridized carbons (Fsp3) is 0.111. The molecule has 0 spiro atoms. The van der Waals surface area contributed by atoms with Gasteiger partial charge in [-0.1, -0.05) is 12.1 Å². The molecule has 1 aromatic rings. The van der Waals surface area contributed by atoms with Gasteiger partial charge in [0.15, 0.2) is 5.75 Å². The predicted molar refractivity (Wildman–Crippen MR) is 62.6 cm³/mol. The van der Waals surface area contributed by atoms with Crippen molar-refractivity contribution in [1.82, 2.24) is 5.32 Å². The molecule has 0 aromatic heterocycles. The van der Waals surface area contributed by atoms with Crippen molar-refractivity contribution in [3.63, 3.8) is 0 Å². The molecule has 0 aliphatic carbocycles. The molecule has 8 heteroatoms. The molecular weight excluding hydrogens is 266 g/mol. The van der Waals surface area contributed by atoms with Gasteiger partial charge in [0, 0.05) is 4.90 Å². The number of rotatable bonds is 3. The van der Waals surface area contributed by atoms with Gasteiger partial charge < -0.3 is 0 Å². The highest BCUT2D eigenvalue weighted by Crippen LogP contribution is 2.12. The number of amides is 2. The zero-order chi connectivity index (χ0) is 13.1. The number of thiol groups is 1. The van der Waals surface area contributed by atoms with Crippen LogP contribution in [0.2, 0.25) is 0 Å². The van der Waals surface area contributed by atoms with E-state index in [-0.39, 0.29) is 5.56 Å². The van der Waals surface area contributed by atoms with Crippen LogP contribution in [0.15, 0.2) is 29.2 Å². The second kappa shape index (κ2) is 5.30. The minimum absolute atomic E-state index is 0.138. The Bertz CT molecular complexity index is 552. The summed E-state index contributed by atoms with van der Waals surface area (Å²) in [5.41, 5.74) is 0.138. The van der Waals surface area contributed by atoms with E-state index in [1.807, 2.05) is 5.32 Å². The summed E-state index contributed by atoms with van der Waals surface area (Å²) in [5.74, 6) is -3.04. The second-order valence-electron chi connectivity index (χ2n) is 3.12. The fourth-order valence-electron chi connectivity index (χ4n) is 1.06. The number of nitrogens with one attached hydrogen (secondary N) is 1. The SMILES string of the molecule is O=C(CS(=O)(=O)O)NC(=O)c1ccccc1S. The highest BCUT2D eigenvalue weighted by Gasteiger charge is 2.17. The molecule has 6 nitrogen and oxygen atoms in total. The van der Waals surface area contributed by atoms with Crippen LogP contribution < -0.4 is 5.32 Å². The summed E-state index contributed by atoms with van der Waals surface area (Å²) in [6.07, 6.45) is 0. The Morgan fingerprint density at radius 1 is 1.29 bits per heavy atom. The first-order valence-corrected chi connectivity index (χ1v) is 6.42. The van der Waals surface area contributed by atoms with Gasteiger partial charge in [0.05, 0.1) is 5.56 Å². The van der Waals surface area contributed by atoms with Gasteiger partial charge in [-0.2, -0.15) is 8.42 Å². The summed E-state index contributed by atoms with van der Waals surface area (Å²) in [5, 5.41) is 1.83. The van der Waals surface area contributed by atoms with Gasteiger partial charge in [-0.3, -0.25) is 19.5 Å². The zero-order valence-electron chi connectivity index (χ0n) is 8.45. The van der Waals surface area contributed by atoms with E-state index in [1.165, 1.54) is 6.07 Å². The molecule has 0 fully saturated rings. The molecular formula is C9H9NO5S2. The molecule has 1 aromatic carbocycles. The highest BCUT2D eigenvalue weighted by molar-refractivity contribution is 7.86. The van der Waals surface area contributed by atoms with Crippen molar-refractivity contribution in [1.29, 1.82) is 0 Å². The molecule has 0 heterocycles. The number of carbonyl (C=O) groups excluding carboxylic acids is 2. The summed E-state index contributed by atoms with van der Waals surface area (Å²) in [4.78, 5) is 22.9. The van der Waals surface area contributed by atoms with E-state index in [0.29, 0.717) is 4.90 Å². The molecule has 0 aliphatic rings. The Hall–Kier alpha value is -1.38. The Labute approximate surface area is 103 Å². The quantitative estimate of drug-likeness (QED) is 0.537. The first kappa shape index (κ1) is 13.7. The van der Waals surface area contributed by atoms with Crippen LogP contribution in [0.4, 0.5) is 0 Å². The Morgan fingerprint density at radius 2 is 1.88 bits per heavy atom. The molecule has 2 N–H and O–H groups in total. The van der Waals surface area contributed by atoms with Gasteiger partial charge in [-0.25, -0.2) is 0 Å². The average molecular weight is 275 g/mol. The van der Waals surface area contributed by atoms with Crippen LogP contribution in [-0.4, -0.2) is 30.5 Å². The standard InChI is InChI=1S/C9H9NO5S2/c11-8(5-17(13,14)15)10-9(12)6-3-1-2-4-7(6)16/h1-4,16H,5H2,(H,10,11,12)(H,13,14,15). The smallest absolute Gasteiger partial charge is 0.274 e. The molecule has 0 radical (unpaired) electrons. The Kier molecular flexibility index (Phi) is 4.27. The maximum absolute atomic E-state index is 11.5. The van der Waals surface area contributed by atoms with Crippen LogP contribution in [0.1, 0.15) is 10.4 Å². The van der Waals surface area contributed by atoms with Crippen molar-refractivity contribution in [2.75, 3.05) is 5.75 Å². The Morgan fingerprint density at radius 3 is 2.41 bits per heavy atom. The van der Waals surface area contributed by atoms with Gasteiger partial charge in [0.2, 0.25) is 5.91 Å². The summed E-state index contributed by atoms with van der Waals surface area (Å²) in [6, 6.07) is 6.20. The first-order valence-electron chi connectivity index (χ1n) is 4.37. The van der Waals surface area contributed by atoms with Crippen molar-refractivity contribution in [2.45, 2.75) is 4.90 Å². The lowest BCUT2D eigenvalue weighted by Gasteiger charge is -2.04. The molecule has 17 heavy (non-hydrogen) atoms. The van der Waals surface area contributed by atoms with E-state index < -0.39 is 27.7 Å². The van der Waals surface area contributed by atoms with Crippen molar-refractivity contribution in [3.05, 3.63) is 29.8 Å². The number of hydrogen-bond acceptors (Lipinski definition) is 5. The largest absolute Gasteiger partial charge is 0.291 e. The number of benzene rings is 1.